The maximum atomic E-state index is 12.6. The molecule has 1 aliphatic heterocycles. The minimum atomic E-state index is -0.564. The molecule has 1 fully saturated rings. The summed E-state index contributed by atoms with van der Waals surface area (Å²) in [5, 5.41) is 8.44. The number of piperidine rings is 1. The van der Waals surface area contributed by atoms with Gasteiger partial charge in [-0.25, -0.2) is 9.31 Å². The molecule has 182 valence electrons. The van der Waals surface area contributed by atoms with Crippen LogP contribution in [0.4, 0.5) is 10.5 Å². The van der Waals surface area contributed by atoms with Crippen LogP contribution in [0.25, 0.3) is 16.6 Å². The molecule has 3 heterocycles. The average Bonchev–Trinajstić information content (AvgIpc) is 3.10. The highest BCUT2D eigenvalue weighted by atomic mass is 16.6. The zero-order chi connectivity index (χ0) is 24.8. The number of nitrogens with zero attached hydrogens (tertiary/aromatic N) is 3. The summed E-state index contributed by atoms with van der Waals surface area (Å²) in [6.45, 7) is 12.2. The van der Waals surface area contributed by atoms with Crippen LogP contribution in [0.15, 0.2) is 29.1 Å². The SMILES string of the molecule is CC(C)(C)OC(=O)N1CCC(c2cc(=O)[nH]c3c4c(NC(=O)C(C)(C)C)cccc4nn23)CC1. The lowest BCUT2D eigenvalue weighted by molar-refractivity contribution is -0.123. The fraction of sp³-hybridized carbons (Fsp3) is 0.520. The fourth-order valence-corrected chi connectivity index (χ4v) is 4.18. The van der Waals surface area contributed by atoms with Crippen LogP contribution in [-0.2, 0) is 9.53 Å². The highest BCUT2D eigenvalue weighted by Crippen LogP contribution is 2.32. The Balaban J connectivity index is 1.67. The second-order valence-electron chi connectivity index (χ2n) is 11.0. The minimum absolute atomic E-state index is 0.0606. The van der Waals surface area contributed by atoms with Gasteiger partial charge in [0.2, 0.25) is 5.91 Å². The quantitative estimate of drug-likeness (QED) is 0.585. The summed E-state index contributed by atoms with van der Waals surface area (Å²) < 4.78 is 7.27. The largest absolute Gasteiger partial charge is 0.444 e. The van der Waals surface area contributed by atoms with E-state index in [0.29, 0.717) is 48.2 Å². The number of carbonyl (C=O) groups excluding carboxylic acids is 2. The van der Waals surface area contributed by atoms with Crippen LogP contribution in [0.5, 0.6) is 0 Å². The number of benzene rings is 1. The number of carbonyl (C=O) groups is 2. The summed E-state index contributed by atoms with van der Waals surface area (Å²) in [5.41, 5.74) is 1.31. The Morgan fingerprint density at radius 2 is 1.79 bits per heavy atom. The Labute approximate surface area is 198 Å². The van der Waals surface area contributed by atoms with Crippen molar-refractivity contribution in [2.75, 3.05) is 18.4 Å². The molecule has 1 saturated heterocycles. The Morgan fingerprint density at radius 3 is 2.41 bits per heavy atom. The lowest BCUT2D eigenvalue weighted by atomic mass is 9.93. The molecule has 3 aromatic rings. The number of aromatic amines is 1. The van der Waals surface area contributed by atoms with E-state index in [9.17, 15) is 14.4 Å². The van der Waals surface area contributed by atoms with Crippen molar-refractivity contribution in [3.8, 4) is 0 Å². The van der Waals surface area contributed by atoms with E-state index in [0.717, 1.165) is 5.69 Å². The number of rotatable bonds is 2. The molecule has 0 bridgehead atoms. The number of likely N-dealkylation sites (tertiary alicyclic amines) is 1. The van der Waals surface area contributed by atoms with Gasteiger partial charge in [0.25, 0.3) is 5.56 Å². The van der Waals surface area contributed by atoms with Crippen LogP contribution in [0.1, 0.15) is 66.0 Å². The standard InChI is InChI=1S/C25H33N5O4/c1-24(2,3)22(32)26-16-8-7-9-17-20(16)21-27-19(31)14-18(30(21)28-17)15-10-12-29(13-11-15)23(33)34-25(4,5)6/h7-9,14-15H,10-13H2,1-6H3,(H,26,32)(H,27,31). The smallest absolute Gasteiger partial charge is 0.410 e. The van der Waals surface area contributed by atoms with E-state index in [1.54, 1.807) is 15.5 Å². The van der Waals surface area contributed by atoms with Crippen LogP contribution >= 0.6 is 0 Å². The number of aromatic nitrogens is 3. The lowest BCUT2D eigenvalue weighted by Gasteiger charge is -2.33. The normalized spacial score (nSPS) is 15.6. The molecule has 9 nitrogen and oxygen atoms in total. The maximum absolute atomic E-state index is 12.6. The first-order chi connectivity index (χ1) is 15.8. The van der Waals surface area contributed by atoms with Gasteiger partial charge in [-0.1, -0.05) is 26.8 Å². The van der Waals surface area contributed by atoms with Gasteiger partial charge in [-0.05, 0) is 45.7 Å². The second kappa shape index (κ2) is 8.45. The predicted octanol–water partition coefficient (Wildman–Crippen LogP) is 4.27. The van der Waals surface area contributed by atoms with E-state index in [1.165, 1.54) is 0 Å². The van der Waals surface area contributed by atoms with Gasteiger partial charge >= 0.3 is 6.09 Å². The molecule has 1 aliphatic rings. The van der Waals surface area contributed by atoms with Crippen molar-refractivity contribution in [2.24, 2.45) is 5.41 Å². The van der Waals surface area contributed by atoms with Crippen LogP contribution in [0.3, 0.4) is 0 Å². The number of nitrogens with one attached hydrogen (secondary N) is 2. The molecule has 9 heteroatoms. The molecule has 2 N–H and O–H groups in total. The molecule has 34 heavy (non-hydrogen) atoms. The van der Waals surface area contributed by atoms with Crippen molar-refractivity contribution in [2.45, 2.75) is 65.9 Å². The maximum Gasteiger partial charge on any atom is 0.410 e. The number of hydrogen-bond acceptors (Lipinski definition) is 5. The van der Waals surface area contributed by atoms with Gasteiger partial charge in [0, 0.05) is 30.5 Å². The average molecular weight is 468 g/mol. The minimum Gasteiger partial charge on any atom is -0.444 e. The van der Waals surface area contributed by atoms with Crippen molar-refractivity contribution >= 4 is 34.2 Å². The van der Waals surface area contributed by atoms with Crippen LogP contribution < -0.4 is 10.9 Å². The Bertz CT molecular complexity index is 1300. The third-order valence-corrected chi connectivity index (χ3v) is 5.96. The van der Waals surface area contributed by atoms with E-state index in [-0.39, 0.29) is 23.5 Å². The van der Waals surface area contributed by atoms with E-state index in [1.807, 2.05) is 59.7 Å². The highest BCUT2D eigenvalue weighted by Gasteiger charge is 2.30. The van der Waals surface area contributed by atoms with Gasteiger partial charge in [-0.2, -0.15) is 5.10 Å². The van der Waals surface area contributed by atoms with Crippen LogP contribution in [0, 0.1) is 5.41 Å². The molecule has 4 rings (SSSR count). The first-order valence-corrected chi connectivity index (χ1v) is 11.7. The number of fused-ring (bicyclic) bond motifs is 3. The summed E-state index contributed by atoms with van der Waals surface area (Å²) in [5.74, 6) is -0.0576. The molecule has 0 spiro atoms. The molecule has 0 radical (unpaired) electrons. The van der Waals surface area contributed by atoms with E-state index >= 15 is 0 Å². The van der Waals surface area contributed by atoms with Gasteiger partial charge < -0.3 is 19.9 Å². The molecule has 2 aromatic heterocycles. The zero-order valence-corrected chi connectivity index (χ0v) is 20.7. The van der Waals surface area contributed by atoms with Gasteiger partial charge in [0.1, 0.15) is 11.2 Å². The fourth-order valence-electron chi connectivity index (χ4n) is 4.18. The van der Waals surface area contributed by atoms with Crippen molar-refractivity contribution in [3.63, 3.8) is 0 Å². The third kappa shape index (κ3) is 4.78. The lowest BCUT2D eigenvalue weighted by Crippen LogP contribution is -2.41. The van der Waals surface area contributed by atoms with E-state index in [2.05, 4.69) is 10.3 Å². The van der Waals surface area contributed by atoms with E-state index < -0.39 is 11.0 Å². The Hall–Kier alpha value is -3.36. The number of hydrogen-bond donors (Lipinski definition) is 2. The topological polar surface area (TPSA) is 109 Å². The van der Waals surface area contributed by atoms with Crippen molar-refractivity contribution < 1.29 is 14.3 Å². The molecule has 0 saturated carbocycles. The van der Waals surface area contributed by atoms with Crippen LogP contribution in [-0.4, -0.2) is 50.2 Å². The molecule has 0 atom stereocenters. The summed E-state index contributed by atoms with van der Waals surface area (Å²) in [6.07, 6.45) is 1.08. The first-order valence-electron chi connectivity index (χ1n) is 11.7. The Kier molecular flexibility index (Phi) is 5.91. The van der Waals surface area contributed by atoms with Crippen molar-refractivity contribution in [1.82, 2.24) is 19.5 Å². The molecule has 2 amide bonds. The number of H-pyrrole nitrogens is 1. The number of amides is 2. The zero-order valence-electron chi connectivity index (χ0n) is 20.7. The highest BCUT2D eigenvalue weighted by molar-refractivity contribution is 6.08. The monoisotopic (exact) mass is 467 g/mol. The van der Waals surface area contributed by atoms with Gasteiger partial charge in [0.15, 0.2) is 0 Å². The van der Waals surface area contributed by atoms with Crippen LogP contribution in [0.2, 0.25) is 0 Å². The molecule has 0 aliphatic carbocycles. The second-order valence-corrected chi connectivity index (χ2v) is 11.0. The predicted molar refractivity (Wildman–Crippen MR) is 131 cm³/mol. The molecule has 1 aromatic carbocycles. The Morgan fingerprint density at radius 1 is 1.12 bits per heavy atom. The van der Waals surface area contributed by atoms with Gasteiger partial charge in [-0.15, -0.1) is 0 Å². The molecular formula is C25H33N5O4. The summed E-state index contributed by atoms with van der Waals surface area (Å²) >= 11 is 0. The van der Waals surface area contributed by atoms with Crippen molar-refractivity contribution in [1.29, 1.82) is 0 Å². The van der Waals surface area contributed by atoms with Crippen molar-refractivity contribution in [3.05, 3.63) is 40.3 Å². The van der Waals surface area contributed by atoms with Gasteiger partial charge in [-0.3, -0.25) is 9.59 Å². The number of anilines is 1. The summed E-state index contributed by atoms with van der Waals surface area (Å²) in [7, 11) is 0. The summed E-state index contributed by atoms with van der Waals surface area (Å²) in [6, 6.07) is 7.10. The number of ether oxygens (including phenoxy) is 1. The first kappa shape index (κ1) is 23.8. The summed E-state index contributed by atoms with van der Waals surface area (Å²) in [4.78, 5) is 42.3. The third-order valence-electron chi connectivity index (χ3n) is 5.96. The van der Waals surface area contributed by atoms with E-state index in [4.69, 9.17) is 9.84 Å². The molecular weight excluding hydrogens is 434 g/mol. The molecule has 0 unspecified atom stereocenters. The van der Waals surface area contributed by atoms with Gasteiger partial charge in [0.05, 0.1) is 22.3 Å².